The van der Waals surface area contributed by atoms with Gasteiger partial charge in [-0.2, -0.15) is 0 Å². The molecule has 1 N–H and O–H groups in total. The third-order valence-electron chi connectivity index (χ3n) is 4.11. The minimum Gasteiger partial charge on any atom is -0.493 e. The molecule has 1 aliphatic rings. The van der Waals surface area contributed by atoms with Gasteiger partial charge in [-0.05, 0) is 49.4 Å². The highest BCUT2D eigenvalue weighted by molar-refractivity contribution is 5.97. The van der Waals surface area contributed by atoms with Crippen molar-refractivity contribution < 1.29 is 9.53 Å². The van der Waals surface area contributed by atoms with E-state index in [2.05, 4.69) is 23.5 Å². The van der Waals surface area contributed by atoms with E-state index in [9.17, 15) is 4.79 Å². The molecule has 1 amide bonds. The Bertz CT molecular complexity index is 666. The fourth-order valence-corrected chi connectivity index (χ4v) is 3.08. The van der Waals surface area contributed by atoms with E-state index in [-0.39, 0.29) is 11.9 Å². The number of fused-ring (bicyclic) bond motifs is 1. The molecule has 3 rings (SSSR count). The molecule has 0 aliphatic heterocycles. The van der Waals surface area contributed by atoms with Crippen LogP contribution in [-0.2, 0) is 6.42 Å². The second kappa shape index (κ2) is 6.65. The minimum absolute atomic E-state index is 0.0641. The first kappa shape index (κ1) is 14.6. The molecule has 0 saturated carbocycles. The van der Waals surface area contributed by atoms with Gasteiger partial charge in [0.15, 0.2) is 0 Å². The Labute approximate surface area is 131 Å². The number of hydrogen-bond acceptors (Lipinski definition) is 2. The van der Waals surface area contributed by atoms with Crippen LogP contribution in [0.5, 0.6) is 5.75 Å². The van der Waals surface area contributed by atoms with Gasteiger partial charge >= 0.3 is 0 Å². The van der Waals surface area contributed by atoms with Gasteiger partial charge in [-0.3, -0.25) is 4.79 Å². The van der Waals surface area contributed by atoms with Crippen molar-refractivity contribution in [2.75, 3.05) is 6.61 Å². The minimum atomic E-state index is -0.0641. The summed E-state index contributed by atoms with van der Waals surface area (Å²) in [5.74, 6) is 0.581. The van der Waals surface area contributed by atoms with Crippen molar-refractivity contribution in [3.63, 3.8) is 0 Å². The van der Waals surface area contributed by atoms with Gasteiger partial charge in [0, 0.05) is 0 Å². The Kier molecular flexibility index (Phi) is 4.42. The van der Waals surface area contributed by atoms with Crippen LogP contribution < -0.4 is 10.1 Å². The lowest BCUT2D eigenvalue weighted by atomic mass is 9.87. The molecule has 2 aromatic carbocycles. The zero-order valence-electron chi connectivity index (χ0n) is 12.8. The molecule has 3 nitrogen and oxygen atoms in total. The van der Waals surface area contributed by atoms with Gasteiger partial charge in [-0.15, -0.1) is 0 Å². The van der Waals surface area contributed by atoms with Crippen LogP contribution in [0.2, 0.25) is 0 Å². The van der Waals surface area contributed by atoms with Crippen LogP contribution >= 0.6 is 0 Å². The van der Waals surface area contributed by atoms with Gasteiger partial charge in [-0.25, -0.2) is 0 Å². The van der Waals surface area contributed by atoms with E-state index in [4.69, 9.17) is 4.74 Å². The van der Waals surface area contributed by atoms with Gasteiger partial charge in [0.1, 0.15) is 5.75 Å². The van der Waals surface area contributed by atoms with Crippen LogP contribution in [0.4, 0.5) is 0 Å². The van der Waals surface area contributed by atoms with Crippen LogP contribution in [-0.4, -0.2) is 12.5 Å². The first-order valence-electron chi connectivity index (χ1n) is 7.90. The summed E-state index contributed by atoms with van der Waals surface area (Å²) < 4.78 is 5.56. The van der Waals surface area contributed by atoms with Gasteiger partial charge in [-0.1, -0.05) is 36.4 Å². The van der Waals surface area contributed by atoms with E-state index < -0.39 is 0 Å². The number of carbonyl (C=O) groups excluding carboxylic acids is 1. The molecule has 0 radical (unpaired) electrons. The number of nitrogens with one attached hydrogen (secondary N) is 1. The lowest BCUT2D eigenvalue weighted by Crippen LogP contribution is -2.31. The number of benzene rings is 2. The summed E-state index contributed by atoms with van der Waals surface area (Å²) in [6, 6.07) is 15.9. The predicted octanol–water partition coefficient (Wildman–Crippen LogP) is 3.89. The second-order valence-electron chi connectivity index (χ2n) is 5.55. The number of hydrogen-bond donors (Lipinski definition) is 1. The van der Waals surface area contributed by atoms with Crippen LogP contribution in [0.25, 0.3) is 0 Å². The van der Waals surface area contributed by atoms with Gasteiger partial charge in [0.05, 0.1) is 18.2 Å². The topological polar surface area (TPSA) is 38.3 Å². The van der Waals surface area contributed by atoms with Crippen molar-refractivity contribution in [3.05, 3.63) is 65.2 Å². The summed E-state index contributed by atoms with van der Waals surface area (Å²) in [5, 5.41) is 3.17. The average molecular weight is 295 g/mol. The monoisotopic (exact) mass is 295 g/mol. The van der Waals surface area contributed by atoms with Crippen molar-refractivity contribution in [1.82, 2.24) is 5.32 Å². The molecule has 114 valence electrons. The molecule has 1 unspecified atom stereocenters. The highest BCUT2D eigenvalue weighted by Crippen LogP contribution is 2.30. The SMILES string of the molecule is CCOc1ccccc1C(=O)NC1CCCc2ccccc21. The van der Waals surface area contributed by atoms with Crippen molar-refractivity contribution in [3.8, 4) is 5.75 Å². The molecule has 0 aromatic heterocycles. The highest BCUT2D eigenvalue weighted by atomic mass is 16.5. The maximum absolute atomic E-state index is 12.6. The molecule has 22 heavy (non-hydrogen) atoms. The molecule has 0 saturated heterocycles. The maximum Gasteiger partial charge on any atom is 0.255 e. The first-order chi connectivity index (χ1) is 10.8. The normalized spacial score (nSPS) is 16.7. The fourth-order valence-electron chi connectivity index (χ4n) is 3.08. The molecule has 0 fully saturated rings. The third kappa shape index (κ3) is 2.98. The Balaban J connectivity index is 1.81. The van der Waals surface area contributed by atoms with E-state index in [1.54, 1.807) is 0 Å². The summed E-state index contributed by atoms with van der Waals surface area (Å²) in [5.41, 5.74) is 3.19. The van der Waals surface area contributed by atoms with Crippen molar-refractivity contribution in [2.24, 2.45) is 0 Å². The van der Waals surface area contributed by atoms with Gasteiger partial charge in [0.2, 0.25) is 0 Å². The van der Waals surface area contributed by atoms with Crippen molar-refractivity contribution in [1.29, 1.82) is 0 Å². The Hall–Kier alpha value is -2.29. The molecule has 2 aromatic rings. The molecule has 0 spiro atoms. The number of ether oxygens (including phenoxy) is 1. The fraction of sp³-hybridized carbons (Fsp3) is 0.316. The molecular formula is C19H21NO2. The Morgan fingerprint density at radius 2 is 1.95 bits per heavy atom. The summed E-state index contributed by atoms with van der Waals surface area (Å²) in [4.78, 5) is 12.6. The zero-order valence-corrected chi connectivity index (χ0v) is 12.8. The van der Waals surface area contributed by atoms with E-state index in [1.807, 2.05) is 37.3 Å². The van der Waals surface area contributed by atoms with Crippen LogP contribution in [0.15, 0.2) is 48.5 Å². The van der Waals surface area contributed by atoms with Gasteiger partial charge in [0.25, 0.3) is 5.91 Å². The Morgan fingerprint density at radius 3 is 2.82 bits per heavy atom. The van der Waals surface area contributed by atoms with Crippen molar-refractivity contribution in [2.45, 2.75) is 32.2 Å². The number of amides is 1. The molecule has 0 heterocycles. The van der Waals surface area contributed by atoms with E-state index in [1.165, 1.54) is 11.1 Å². The smallest absolute Gasteiger partial charge is 0.255 e. The quantitative estimate of drug-likeness (QED) is 0.929. The zero-order chi connectivity index (χ0) is 15.4. The third-order valence-corrected chi connectivity index (χ3v) is 4.11. The van der Waals surface area contributed by atoms with E-state index in [0.29, 0.717) is 17.9 Å². The lowest BCUT2D eigenvalue weighted by Gasteiger charge is -2.26. The molecule has 0 bridgehead atoms. The standard InChI is InChI=1S/C19H21NO2/c1-2-22-18-13-6-5-11-16(18)19(21)20-17-12-7-9-14-8-3-4-10-15(14)17/h3-6,8,10-11,13,17H,2,7,9,12H2,1H3,(H,20,21). The maximum atomic E-state index is 12.6. The molecule has 1 atom stereocenters. The largest absolute Gasteiger partial charge is 0.493 e. The number of aryl methyl sites for hydroxylation is 1. The average Bonchev–Trinajstić information content (AvgIpc) is 2.56. The molecular weight excluding hydrogens is 274 g/mol. The van der Waals surface area contributed by atoms with Crippen molar-refractivity contribution >= 4 is 5.91 Å². The predicted molar refractivity (Wildman–Crippen MR) is 87.2 cm³/mol. The lowest BCUT2D eigenvalue weighted by molar-refractivity contribution is 0.0929. The van der Waals surface area contributed by atoms with Gasteiger partial charge < -0.3 is 10.1 Å². The Morgan fingerprint density at radius 1 is 1.18 bits per heavy atom. The number of carbonyl (C=O) groups is 1. The van der Waals surface area contributed by atoms with Crippen LogP contribution in [0, 0.1) is 0 Å². The summed E-state index contributed by atoms with van der Waals surface area (Å²) in [7, 11) is 0. The van der Waals surface area contributed by atoms with E-state index >= 15 is 0 Å². The first-order valence-corrected chi connectivity index (χ1v) is 7.90. The van der Waals surface area contributed by atoms with Crippen LogP contribution in [0.3, 0.4) is 0 Å². The summed E-state index contributed by atoms with van der Waals surface area (Å²) >= 11 is 0. The summed E-state index contributed by atoms with van der Waals surface area (Å²) in [6.45, 7) is 2.47. The number of para-hydroxylation sites is 1. The highest BCUT2D eigenvalue weighted by Gasteiger charge is 2.23. The van der Waals surface area contributed by atoms with E-state index in [0.717, 1.165) is 19.3 Å². The second-order valence-corrected chi connectivity index (χ2v) is 5.55. The molecule has 3 heteroatoms. The molecule has 1 aliphatic carbocycles. The summed E-state index contributed by atoms with van der Waals surface area (Å²) in [6.07, 6.45) is 3.19. The van der Waals surface area contributed by atoms with Crippen LogP contribution in [0.1, 0.15) is 47.3 Å². The number of rotatable bonds is 4.